The fraction of sp³-hybridized carbons (Fsp3) is 0. The van der Waals surface area contributed by atoms with Crippen LogP contribution in [0.25, 0.3) is 0 Å². The van der Waals surface area contributed by atoms with Crippen molar-refractivity contribution in [3.8, 4) is 0 Å². The molecule has 0 heterocycles. The first-order chi connectivity index (χ1) is 13.9. The van der Waals surface area contributed by atoms with Gasteiger partial charge in [0.05, 0.1) is 40.7 Å². The van der Waals surface area contributed by atoms with Crippen molar-refractivity contribution in [2.24, 2.45) is 0 Å². The maximum Gasteiger partial charge on any atom is 4.00 e. The van der Waals surface area contributed by atoms with E-state index < -0.39 is 40.7 Å². The summed E-state index contributed by atoms with van der Waals surface area (Å²) in [6.07, 6.45) is 0. The zero-order valence-corrected chi connectivity index (χ0v) is 21.6. The van der Waals surface area contributed by atoms with Gasteiger partial charge < -0.3 is 123 Å². The molecule has 0 spiro atoms. The van der Waals surface area contributed by atoms with Crippen LogP contribution in [0.4, 0.5) is 0 Å². The molecule has 34 heteroatoms. The standard InChI is InChI=1S/2Hf.8NO3/c;;8*2-1(3)4/q2*+4;8*-1. The van der Waals surface area contributed by atoms with Gasteiger partial charge in [-0.1, -0.05) is 0 Å². The predicted octanol–water partition coefficient (Wildman–Crippen LogP) is -1.92. The summed E-state index contributed by atoms with van der Waals surface area (Å²) in [5.41, 5.74) is 0. The van der Waals surface area contributed by atoms with Crippen LogP contribution in [0.1, 0.15) is 0 Å². The molecule has 0 rings (SSSR count). The maximum atomic E-state index is 8.25. The Kier molecular flexibility index (Phi) is 105. The Hall–Kier alpha value is -4.66. The van der Waals surface area contributed by atoms with Crippen LogP contribution in [0.2, 0.25) is 0 Å². The molecule has 0 aromatic heterocycles. The van der Waals surface area contributed by atoms with Gasteiger partial charge in [0.2, 0.25) is 0 Å². The molecule has 32 nitrogen and oxygen atoms in total. The Labute approximate surface area is 214 Å². The van der Waals surface area contributed by atoms with Gasteiger partial charge in [0.25, 0.3) is 0 Å². The van der Waals surface area contributed by atoms with E-state index in [4.69, 9.17) is 123 Å². The number of hydrogen-bond acceptors (Lipinski definition) is 24. The fourth-order valence-electron chi connectivity index (χ4n) is 0. The Morgan fingerprint density at radius 2 is 0.206 bits per heavy atom. The van der Waals surface area contributed by atoms with Gasteiger partial charge >= 0.3 is 51.7 Å². The summed E-state index contributed by atoms with van der Waals surface area (Å²) in [4.78, 5) is 66.0. The second kappa shape index (κ2) is 56.6. The molecule has 0 aromatic carbocycles. The van der Waals surface area contributed by atoms with Crippen molar-refractivity contribution in [1.29, 1.82) is 0 Å². The van der Waals surface area contributed by atoms with E-state index in [1.807, 2.05) is 0 Å². The molecule has 0 saturated carbocycles. The predicted molar refractivity (Wildman–Crippen MR) is 82.9 cm³/mol. The second-order valence-corrected chi connectivity index (χ2v) is 1.79. The van der Waals surface area contributed by atoms with Gasteiger partial charge in [-0.25, -0.2) is 0 Å². The molecule has 0 fully saturated rings. The van der Waals surface area contributed by atoms with Crippen molar-refractivity contribution >= 4 is 0 Å². The molecule has 0 aliphatic heterocycles. The summed E-state index contributed by atoms with van der Waals surface area (Å²) in [5, 5.41) is 118. The van der Waals surface area contributed by atoms with Gasteiger partial charge in [0, 0.05) is 0 Å². The molecule has 0 unspecified atom stereocenters. The smallest absolute Gasteiger partial charge is 0.356 e. The van der Waals surface area contributed by atoms with Crippen LogP contribution in [-0.4, -0.2) is 40.7 Å². The van der Waals surface area contributed by atoms with E-state index in [0.29, 0.717) is 0 Å². The van der Waals surface area contributed by atoms with Crippen molar-refractivity contribution < 1.29 is 92.4 Å². The minimum Gasteiger partial charge on any atom is -0.356 e. The molecule has 0 amide bonds. The second-order valence-electron chi connectivity index (χ2n) is 1.79. The third-order valence-corrected chi connectivity index (χ3v) is 0. The van der Waals surface area contributed by atoms with E-state index in [-0.39, 0.29) is 51.7 Å². The average Bonchev–Trinajstić information content (AvgIpc) is 2.30. The largest absolute Gasteiger partial charge is 4.00 e. The Balaban J connectivity index is -0.0000000240. The number of nitrogens with zero attached hydrogens (tertiary/aromatic N) is 8. The SMILES string of the molecule is O=[N+]([O-])[O-].O=[N+]([O-])[O-].O=[N+]([O-])[O-].O=[N+]([O-])[O-].O=[N+]([O-])[O-].O=[N+]([O-])[O-].O=[N+]([O-])[O-].O=[N+]([O-])[O-].[Hf+4].[Hf+4]. The van der Waals surface area contributed by atoms with Crippen LogP contribution in [0, 0.1) is 123 Å². The van der Waals surface area contributed by atoms with Crippen molar-refractivity contribution in [2.45, 2.75) is 0 Å². The summed E-state index contributed by atoms with van der Waals surface area (Å²) in [5.74, 6) is 0. The molecule has 0 radical (unpaired) electrons. The van der Waals surface area contributed by atoms with Crippen LogP contribution < -0.4 is 0 Å². The summed E-state index contributed by atoms with van der Waals surface area (Å²) >= 11 is 0. The van der Waals surface area contributed by atoms with E-state index in [1.54, 1.807) is 0 Å². The monoisotopic (exact) mass is 856 g/mol. The Morgan fingerprint density at radius 3 is 0.206 bits per heavy atom. The maximum absolute atomic E-state index is 8.25. The van der Waals surface area contributed by atoms with Crippen LogP contribution in [0.3, 0.4) is 0 Å². The van der Waals surface area contributed by atoms with Crippen LogP contribution in [0.15, 0.2) is 0 Å². The molecule has 0 aromatic rings. The molecule has 192 valence electrons. The van der Waals surface area contributed by atoms with E-state index in [0.717, 1.165) is 0 Å². The Morgan fingerprint density at radius 1 is 0.206 bits per heavy atom. The topological polar surface area (TPSA) is 530 Å². The van der Waals surface area contributed by atoms with Gasteiger partial charge in [0.15, 0.2) is 0 Å². The first-order valence-corrected chi connectivity index (χ1v) is 4.38. The summed E-state index contributed by atoms with van der Waals surface area (Å²) < 4.78 is 0. The summed E-state index contributed by atoms with van der Waals surface area (Å²) in [6.45, 7) is 0. The van der Waals surface area contributed by atoms with Gasteiger partial charge in [-0.05, 0) is 0 Å². The molecule has 0 aliphatic carbocycles. The van der Waals surface area contributed by atoms with Crippen molar-refractivity contribution in [1.82, 2.24) is 0 Å². The van der Waals surface area contributed by atoms with E-state index in [1.165, 1.54) is 0 Å². The van der Waals surface area contributed by atoms with Gasteiger partial charge in [0.1, 0.15) is 0 Å². The molecule has 0 N–H and O–H groups in total. The van der Waals surface area contributed by atoms with Crippen LogP contribution in [-0.2, 0) is 51.7 Å². The van der Waals surface area contributed by atoms with E-state index >= 15 is 0 Å². The summed E-state index contributed by atoms with van der Waals surface area (Å²) in [6, 6.07) is 0. The van der Waals surface area contributed by atoms with Gasteiger partial charge in [-0.15, -0.1) is 0 Å². The normalized spacial score (nSPS) is 5.65. The van der Waals surface area contributed by atoms with E-state index in [2.05, 4.69) is 0 Å². The van der Waals surface area contributed by atoms with Crippen LogP contribution in [0.5, 0.6) is 0 Å². The minimum absolute atomic E-state index is 0. The third kappa shape index (κ3) is 874. The molecule has 0 aliphatic rings. The quantitative estimate of drug-likeness (QED) is 0.146. The molecule has 34 heavy (non-hydrogen) atoms. The van der Waals surface area contributed by atoms with Gasteiger partial charge in [-0.3, -0.25) is 0 Å². The van der Waals surface area contributed by atoms with Crippen molar-refractivity contribution in [3.05, 3.63) is 123 Å². The molecule has 0 bridgehead atoms. The molecule has 0 atom stereocenters. The zero-order valence-electron chi connectivity index (χ0n) is 14.4. The fourth-order valence-corrected chi connectivity index (χ4v) is 0. The molecular weight excluding hydrogens is 853 g/mol. The van der Waals surface area contributed by atoms with Crippen molar-refractivity contribution in [3.63, 3.8) is 0 Å². The molecular formula is Hf2N8O24. The number of hydrogen-bond donors (Lipinski definition) is 0. The minimum atomic E-state index is -1.75. The molecule has 0 saturated heterocycles. The number of rotatable bonds is 0. The van der Waals surface area contributed by atoms with Gasteiger partial charge in [-0.2, -0.15) is 0 Å². The summed E-state index contributed by atoms with van der Waals surface area (Å²) in [7, 11) is 0. The first kappa shape index (κ1) is 63.0. The third-order valence-electron chi connectivity index (χ3n) is 0. The first-order valence-electron chi connectivity index (χ1n) is 4.38. The average molecular weight is 853 g/mol. The zero-order chi connectivity index (χ0) is 28.6. The van der Waals surface area contributed by atoms with E-state index in [9.17, 15) is 0 Å². The van der Waals surface area contributed by atoms with Crippen molar-refractivity contribution in [2.75, 3.05) is 0 Å². The van der Waals surface area contributed by atoms with Crippen LogP contribution >= 0.6 is 0 Å². The Bertz CT molecular complexity index is 365.